The molecule has 0 amide bonds. The van der Waals surface area contributed by atoms with Crippen LogP contribution < -0.4 is 5.32 Å². The van der Waals surface area contributed by atoms with Crippen molar-refractivity contribution in [1.82, 2.24) is 5.32 Å². The van der Waals surface area contributed by atoms with Crippen molar-refractivity contribution in [2.75, 3.05) is 0 Å². The second-order valence-corrected chi connectivity index (χ2v) is 5.68. The molecule has 1 N–H and O–H groups in total. The van der Waals surface area contributed by atoms with Gasteiger partial charge in [0.1, 0.15) is 6.10 Å². The van der Waals surface area contributed by atoms with Gasteiger partial charge in [-0.05, 0) is 11.1 Å². The minimum absolute atomic E-state index is 0.0612. The molecule has 4 heteroatoms. The predicted octanol–water partition coefficient (Wildman–Crippen LogP) is 2.90. The van der Waals surface area contributed by atoms with Crippen LogP contribution in [0.3, 0.4) is 0 Å². The van der Waals surface area contributed by atoms with Gasteiger partial charge >= 0.3 is 0 Å². The van der Waals surface area contributed by atoms with Crippen LogP contribution in [0, 0.1) is 0 Å². The van der Waals surface area contributed by atoms with Crippen molar-refractivity contribution in [3.63, 3.8) is 0 Å². The molecule has 1 heterocycles. The topological polar surface area (TPSA) is 50.7 Å². The van der Waals surface area contributed by atoms with Crippen LogP contribution in [0.15, 0.2) is 65.7 Å². The summed E-state index contributed by atoms with van der Waals surface area (Å²) in [5.41, 5.74) is 2.35. The third-order valence-electron chi connectivity index (χ3n) is 4.12. The van der Waals surface area contributed by atoms with E-state index in [-0.39, 0.29) is 18.2 Å². The first-order valence-electron chi connectivity index (χ1n) is 7.82. The summed E-state index contributed by atoms with van der Waals surface area (Å²) in [5.74, 6) is 0. The van der Waals surface area contributed by atoms with Crippen molar-refractivity contribution < 1.29 is 9.53 Å². The first-order valence-corrected chi connectivity index (χ1v) is 7.82. The molecule has 0 saturated carbocycles. The molecule has 0 aromatic heterocycles. The van der Waals surface area contributed by atoms with E-state index in [0.29, 0.717) is 19.3 Å². The van der Waals surface area contributed by atoms with Crippen LogP contribution in [0.4, 0.5) is 0 Å². The molecule has 0 aliphatic carbocycles. The number of ether oxygens (including phenoxy) is 1. The van der Waals surface area contributed by atoms with Crippen LogP contribution >= 0.6 is 0 Å². The Labute approximate surface area is 136 Å². The average molecular weight is 308 g/mol. The number of hydrogen-bond acceptors (Lipinski definition) is 4. The molecule has 0 radical (unpaired) electrons. The van der Waals surface area contributed by atoms with E-state index in [9.17, 15) is 4.79 Å². The molecule has 0 bridgehead atoms. The second kappa shape index (κ2) is 7.58. The quantitative estimate of drug-likeness (QED) is 0.800. The average Bonchev–Trinajstić information content (AvgIpc) is 3.05. The second-order valence-electron chi connectivity index (χ2n) is 5.68. The molecule has 4 nitrogen and oxygen atoms in total. The van der Waals surface area contributed by atoms with Gasteiger partial charge in [0.2, 0.25) is 0 Å². The number of benzene rings is 2. The van der Waals surface area contributed by atoms with Crippen LogP contribution in [0.1, 0.15) is 23.6 Å². The van der Waals surface area contributed by atoms with E-state index in [1.165, 1.54) is 5.56 Å². The molecule has 2 aromatic carbocycles. The third kappa shape index (κ3) is 3.97. The van der Waals surface area contributed by atoms with Gasteiger partial charge in [0.15, 0.2) is 0 Å². The van der Waals surface area contributed by atoms with Crippen molar-refractivity contribution in [3.05, 3.63) is 71.8 Å². The molecule has 0 spiro atoms. The van der Waals surface area contributed by atoms with Gasteiger partial charge in [-0.1, -0.05) is 60.7 Å². The number of carbonyl (C=O) groups is 1. The van der Waals surface area contributed by atoms with Gasteiger partial charge in [-0.15, -0.1) is 0 Å². The summed E-state index contributed by atoms with van der Waals surface area (Å²) in [6, 6.07) is 20.5. The highest BCUT2D eigenvalue weighted by Gasteiger charge is 2.28. The molecular weight excluding hydrogens is 288 g/mol. The molecule has 3 unspecified atom stereocenters. The van der Waals surface area contributed by atoms with Crippen LogP contribution in [-0.2, 0) is 16.0 Å². The lowest BCUT2D eigenvalue weighted by Crippen LogP contribution is -2.28. The van der Waals surface area contributed by atoms with E-state index in [1.807, 2.05) is 48.5 Å². The van der Waals surface area contributed by atoms with Crippen LogP contribution in [0.5, 0.6) is 0 Å². The largest absolute Gasteiger partial charge is 0.464 e. The lowest BCUT2D eigenvalue weighted by atomic mass is 9.94. The molecule has 1 aliphatic rings. The van der Waals surface area contributed by atoms with Gasteiger partial charge < -0.3 is 10.1 Å². The van der Waals surface area contributed by atoms with Crippen molar-refractivity contribution in [3.8, 4) is 0 Å². The first kappa shape index (κ1) is 15.3. The number of carbonyl (C=O) groups excluding carboxylic acids is 1. The lowest BCUT2D eigenvalue weighted by molar-refractivity contribution is -0.134. The summed E-state index contributed by atoms with van der Waals surface area (Å²) in [7, 11) is 0. The van der Waals surface area contributed by atoms with E-state index in [1.54, 1.807) is 6.34 Å². The van der Waals surface area contributed by atoms with Crippen LogP contribution in [0.2, 0.25) is 0 Å². The van der Waals surface area contributed by atoms with E-state index < -0.39 is 0 Å². The Morgan fingerprint density at radius 2 is 1.78 bits per heavy atom. The minimum atomic E-state index is -0.178. The minimum Gasteiger partial charge on any atom is -0.464 e. The maximum absolute atomic E-state index is 10.9. The predicted molar refractivity (Wildman–Crippen MR) is 90.3 cm³/mol. The molecule has 23 heavy (non-hydrogen) atoms. The highest BCUT2D eigenvalue weighted by Crippen LogP contribution is 2.26. The van der Waals surface area contributed by atoms with E-state index in [4.69, 9.17) is 4.74 Å². The molecule has 2 aromatic rings. The monoisotopic (exact) mass is 308 g/mol. The third-order valence-corrected chi connectivity index (χ3v) is 4.12. The summed E-state index contributed by atoms with van der Waals surface area (Å²) in [4.78, 5) is 15.4. The molecule has 0 fully saturated rings. The van der Waals surface area contributed by atoms with E-state index >= 15 is 0 Å². The fourth-order valence-electron chi connectivity index (χ4n) is 3.00. The molecule has 3 atom stereocenters. The van der Waals surface area contributed by atoms with E-state index in [0.717, 1.165) is 5.56 Å². The molecular formula is C19H20N2O2. The normalized spacial score (nSPS) is 20.7. The zero-order valence-electron chi connectivity index (χ0n) is 12.8. The maximum atomic E-state index is 10.9. The zero-order chi connectivity index (χ0) is 15.9. The highest BCUT2D eigenvalue weighted by molar-refractivity contribution is 5.59. The summed E-state index contributed by atoms with van der Waals surface area (Å²) < 4.78 is 5.31. The fraction of sp³-hybridized carbons (Fsp3) is 0.263. The Bertz CT molecular complexity index is 643. The Kier molecular flexibility index (Phi) is 5.04. The Morgan fingerprint density at radius 3 is 2.48 bits per heavy atom. The summed E-state index contributed by atoms with van der Waals surface area (Å²) in [6.45, 7) is 0.539. The van der Waals surface area contributed by atoms with Crippen molar-refractivity contribution in [2.45, 2.75) is 31.0 Å². The number of rotatable bonds is 7. The number of nitrogens with one attached hydrogen (secondary N) is 1. The standard InChI is InChI=1S/C19H20N2O2/c22-14-23-17(11-15-7-3-1-4-8-15)12-18-19(21-13-20-18)16-9-5-2-6-10-16/h1-10,13-14,17-19H,11-12H2,(H,20,21). The maximum Gasteiger partial charge on any atom is 0.293 e. The van der Waals surface area contributed by atoms with Gasteiger partial charge in [-0.25, -0.2) is 0 Å². The van der Waals surface area contributed by atoms with Gasteiger partial charge in [-0.3, -0.25) is 9.79 Å². The van der Waals surface area contributed by atoms with Gasteiger partial charge in [-0.2, -0.15) is 0 Å². The smallest absolute Gasteiger partial charge is 0.293 e. The van der Waals surface area contributed by atoms with E-state index in [2.05, 4.69) is 22.4 Å². The van der Waals surface area contributed by atoms with Gasteiger partial charge in [0.05, 0.1) is 18.4 Å². The van der Waals surface area contributed by atoms with Crippen LogP contribution in [0.25, 0.3) is 0 Å². The number of aliphatic imine (C=N–C) groups is 1. The van der Waals surface area contributed by atoms with Gasteiger partial charge in [0, 0.05) is 12.8 Å². The van der Waals surface area contributed by atoms with Crippen LogP contribution in [-0.4, -0.2) is 25.0 Å². The fourth-order valence-corrected chi connectivity index (χ4v) is 3.00. The molecule has 1 aliphatic heterocycles. The SMILES string of the molecule is O=COC(Cc1ccccc1)CC1N=CNC1c1ccccc1. The molecule has 0 saturated heterocycles. The lowest BCUT2D eigenvalue weighted by Gasteiger charge is -2.23. The van der Waals surface area contributed by atoms with Crippen molar-refractivity contribution in [2.24, 2.45) is 4.99 Å². The Hall–Kier alpha value is -2.62. The van der Waals surface area contributed by atoms with Gasteiger partial charge in [0.25, 0.3) is 6.47 Å². The highest BCUT2D eigenvalue weighted by atomic mass is 16.5. The summed E-state index contributed by atoms with van der Waals surface area (Å²) in [6.07, 6.45) is 2.97. The summed E-state index contributed by atoms with van der Waals surface area (Å²) >= 11 is 0. The first-order chi connectivity index (χ1) is 11.4. The Balaban J connectivity index is 1.69. The number of hydrogen-bond donors (Lipinski definition) is 1. The zero-order valence-corrected chi connectivity index (χ0v) is 12.8. The Morgan fingerprint density at radius 1 is 1.09 bits per heavy atom. The number of nitrogens with zero attached hydrogens (tertiary/aromatic N) is 1. The van der Waals surface area contributed by atoms with Crippen molar-refractivity contribution in [1.29, 1.82) is 0 Å². The summed E-state index contributed by atoms with van der Waals surface area (Å²) in [5, 5.41) is 3.30. The molecule has 118 valence electrons. The molecule has 3 rings (SSSR count). The van der Waals surface area contributed by atoms with Crippen molar-refractivity contribution >= 4 is 12.8 Å².